The first-order chi connectivity index (χ1) is 11.9. The maximum atomic E-state index is 12.4. The van der Waals surface area contributed by atoms with Gasteiger partial charge >= 0.3 is 6.03 Å². The molecule has 1 aliphatic rings. The number of aromatic nitrogens is 3. The minimum Gasteiger partial charge on any atom is -0.324 e. The van der Waals surface area contributed by atoms with E-state index in [4.69, 9.17) is 0 Å². The number of rotatable bonds is 3. The molecule has 1 fully saturated rings. The standard InChI is InChI=1S/C18H25N5OS/c1-18(2,3)15-20-16(25-22-15)21-17(24)23-9-6-13(7-10-23)11-14-5-4-8-19-12-14/h4-5,8,12-13H,6-7,9-11H2,1-3H3,(H,20,21,22,24). The van der Waals surface area contributed by atoms with Gasteiger partial charge in [-0.1, -0.05) is 26.8 Å². The van der Waals surface area contributed by atoms with Gasteiger partial charge in [0, 0.05) is 42.4 Å². The molecule has 2 aromatic heterocycles. The van der Waals surface area contributed by atoms with Gasteiger partial charge in [0.15, 0.2) is 0 Å². The number of likely N-dealkylation sites (tertiary alicyclic amines) is 1. The summed E-state index contributed by atoms with van der Waals surface area (Å²) in [5.41, 5.74) is 1.17. The lowest BCUT2D eigenvalue weighted by molar-refractivity contribution is 0.182. The van der Waals surface area contributed by atoms with Crippen LogP contribution in [-0.4, -0.2) is 38.4 Å². The smallest absolute Gasteiger partial charge is 0.323 e. The minimum absolute atomic E-state index is 0.0727. The third-order valence-corrected chi connectivity index (χ3v) is 5.09. The van der Waals surface area contributed by atoms with Crippen LogP contribution in [0.25, 0.3) is 0 Å². The highest BCUT2D eigenvalue weighted by molar-refractivity contribution is 7.09. The van der Waals surface area contributed by atoms with E-state index in [0.717, 1.165) is 38.2 Å². The van der Waals surface area contributed by atoms with E-state index in [-0.39, 0.29) is 11.4 Å². The summed E-state index contributed by atoms with van der Waals surface area (Å²) in [5.74, 6) is 1.38. The summed E-state index contributed by atoms with van der Waals surface area (Å²) in [6.45, 7) is 7.75. The average molecular weight is 359 g/mol. The molecule has 0 radical (unpaired) electrons. The van der Waals surface area contributed by atoms with Crippen molar-refractivity contribution in [3.63, 3.8) is 0 Å². The Morgan fingerprint density at radius 2 is 2.12 bits per heavy atom. The summed E-state index contributed by atoms with van der Waals surface area (Å²) in [6.07, 6.45) is 6.81. The molecule has 25 heavy (non-hydrogen) atoms. The molecule has 0 unspecified atom stereocenters. The summed E-state index contributed by atoms with van der Waals surface area (Å²) in [4.78, 5) is 22.9. The van der Waals surface area contributed by atoms with Crippen LogP contribution in [-0.2, 0) is 11.8 Å². The Morgan fingerprint density at radius 1 is 1.36 bits per heavy atom. The molecule has 3 heterocycles. The summed E-state index contributed by atoms with van der Waals surface area (Å²) in [6, 6.07) is 4.02. The minimum atomic E-state index is -0.107. The Labute approximate surface area is 152 Å². The van der Waals surface area contributed by atoms with Crippen LogP contribution in [0.5, 0.6) is 0 Å². The van der Waals surface area contributed by atoms with Crippen molar-refractivity contribution < 1.29 is 4.79 Å². The van der Waals surface area contributed by atoms with Gasteiger partial charge < -0.3 is 4.90 Å². The van der Waals surface area contributed by atoms with Crippen molar-refractivity contribution in [1.82, 2.24) is 19.2 Å². The van der Waals surface area contributed by atoms with Crippen LogP contribution in [0.1, 0.15) is 45.0 Å². The Kier molecular flexibility index (Phi) is 5.32. The third kappa shape index (κ3) is 4.75. The van der Waals surface area contributed by atoms with Crippen molar-refractivity contribution in [2.24, 2.45) is 5.92 Å². The summed E-state index contributed by atoms with van der Waals surface area (Å²) in [5, 5.41) is 3.47. The predicted octanol–water partition coefficient (Wildman–Crippen LogP) is 3.72. The lowest BCUT2D eigenvalue weighted by Crippen LogP contribution is -2.41. The third-order valence-electron chi connectivity index (χ3n) is 4.46. The molecule has 134 valence electrons. The molecule has 1 saturated heterocycles. The molecule has 3 rings (SSSR count). The molecule has 7 heteroatoms. The number of piperidine rings is 1. The van der Waals surface area contributed by atoms with Gasteiger partial charge in [-0.15, -0.1) is 0 Å². The highest BCUT2D eigenvalue weighted by Gasteiger charge is 2.25. The van der Waals surface area contributed by atoms with Crippen molar-refractivity contribution in [2.45, 2.75) is 45.4 Å². The van der Waals surface area contributed by atoms with Crippen LogP contribution in [0, 0.1) is 5.92 Å². The van der Waals surface area contributed by atoms with E-state index < -0.39 is 0 Å². The summed E-state index contributed by atoms with van der Waals surface area (Å²) >= 11 is 1.24. The molecule has 0 spiro atoms. The highest BCUT2D eigenvalue weighted by Crippen LogP contribution is 2.24. The zero-order chi connectivity index (χ0) is 17.9. The van der Waals surface area contributed by atoms with Gasteiger partial charge in [0.2, 0.25) is 5.13 Å². The SMILES string of the molecule is CC(C)(C)c1nsc(NC(=O)N2CCC(Cc3cccnc3)CC2)n1. The van der Waals surface area contributed by atoms with Gasteiger partial charge in [-0.05, 0) is 36.8 Å². The highest BCUT2D eigenvalue weighted by atomic mass is 32.1. The first-order valence-corrected chi connectivity index (χ1v) is 9.48. The Bertz CT molecular complexity index is 702. The molecule has 0 saturated carbocycles. The fraction of sp³-hybridized carbons (Fsp3) is 0.556. The van der Waals surface area contributed by atoms with Gasteiger partial charge in [-0.2, -0.15) is 4.37 Å². The summed E-state index contributed by atoms with van der Waals surface area (Å²) < 4.78 is 4.34. The van der Waals surface area contributed by atoms with E-state index in [1.807, 2.05) is 17.2 Å². The second-order valence-corrected chi connectivity index (χ2v) is 8.35. The van der Waals surface area contributed by atoms with Crippen LogP contribution in [0.2, 0.25) is 0 Å². The van der Waals surface area contributed by atoms with Gasteiger partial charge in [-0.25, -0.2) is 9.78 Å². The van der Waals surface area contributed by atoms with Gasteiger partial charge in [-0.3, -0.25) is 10.3 Å². The molecule has 1 aliphatic heterocycles. The van der Waals surface area contributed by atoms with E-state index in [1.54, 1.807) is 6.20 Å². The van der Waals surface area contributed by atoms with E-state index >= 15 is 0 Å². The van der Waals surface area contributed by atoms with Crippen LogP contribution in [0.4, 0.5) is 9.93 Å². The van der Waals surface area contributed by atoms with Crippen LogP contribution < -0.4 is 5.32 Å². The fourth-order valence-corrected chi connectivity index (χ4v) is 3.69. The zero-order valence-electron chi connectivity index (χ0n) is 15.0. The number of anilines is 1. The normalized spacial score (nSPS) is 16.0. The number of urea groups is 1. The quantitative estimate of drug-likeness (QED) is 0.907. The topological polar surface area (TPSA) is 71.0 Å². The molecule has 0 aliphatic carbocycles. The monoisotopic (exact) mass is 359 g/mol. The largest absolute Gasteiger partial charge is 0.324 e. The van der Waals surface area contributed by atoms with Crippen LogP contribution in [0.15, 0.2) is 24.5 Å². The number of hydrogen-bond donors (Lipinski definition) is 1. The molecule has 2 aromatic rings. The zero-order valence-corrected chi connectivity index (χ0v) is 15.8. The average Bonchev–Trinajstić information content (AvgIpc) is 3.05. The molecular weight excluding hydrogens is 334 g/mol. The van der Waals surface area contributed by atoms with Gasteiger partial charge in [0.1, 0.15) is 5.82 Å². The van der Waals surface area contributed by atoms with Crippen LogP contribution in [0.3, 0.4) is 0 Å². The Balaban J connectivity index is 1.49. The molecule has 1 N–H and O–H groups in total. The van der Waals surface area contributed by atoms with Crippen molar-refractivity contribution in [2.75, 3.05) is 18.4 Å². The van der Waals surface area contributed by atoms with Crippen molar-refractivity contribution in [1.29, 1.82) is 0 Å². The van der Waals surface area contributed by atoms with Crippen molar-refractivity contribution in [3.05, 3.63) is 35.9 Å². The molecule has 6 nitrogen and oxygen atoms in total. The molecule has 2 amide bonds. The van der Waals surface area contributed by atoms with E-state index in [1.165, 1.54) is 17.1 Å². The Hall–Kier alpha value is -2.02. The van der Waals surface area contributed by atoms with Gasteiger partial charge in [0.05, 0.1) is 0 Å². The molecule has 0 bridgehead atoms. The van der Waals surface area contributed by atoms with Crippen molar-refractivity contribution >= 4 is 22.7 Å². The summed E-state index contributed by atoms with van der Waals surface area (Å²) in [7, 11) is 0. The number of nitrogens with one attached hydrogen (secondary N) is 1. The predicted molar refractivity (Wildman–Crippen MR) is 99.9 cm³/mol. The van der Waals surface area contributed by atoms with E-state index in [0.29, 0.717) is 11.0 Å². The number of amides is 2. The number of carbonyl (C=O) groups is 1. The van der Waals surface area contributed by atoms with Crippen molar-refractivity contribution in [3.8, 4) is 0 Å². The molecule has 0 aromatic carbocycles. The second-order valence-electron chi connectivity index (χ2n) is 7.60. The van der Waals surface area contributed by atoms with E-state index in [9.17, 15) is 4.79 Å². The number of carbonyl (C=O) groups excluding carboxylic acids is 1. The lowest BCUT2D eigenvalue weighted by Gasteiger charge is -2.31. The first-order valence-electron chi connectivity index (χ1n) is 8.71. The Morgan fingerprint density at radius 3 is 2.72 bits per heavy atom. The lowest BCUT2D eigenvalue weighted by atomic mass is 9.91. The second kappa shape index (κ2) is 7.47. The first kappa shape index (κ1) is 17.8. The maximum Gasteiger partial charge on any atom is 0.323 e. The number of nitrogens with zero attached hydrogens (tertiary/aromatic N) is 4. The number of pyridine rings is 1. The molecule has 0 atom stereocenters. The number of hydrogen-bond acceptors (Lipinski definition) is 5. The maximum absolute atomic E-state index is 12.4. The fourth-order valence-electron chi connectivity index (χ4n) is 2.94. The van der Waals surface area contributed by atoms with Crippen LogP contribution >= 0.6 is 11.5 Å². The van der Waals surface area contributed by atoms with Gasteiger partial charge in [0.25, 0.3) is 0 Å². The molecular formula is C18H25N5OS. The van der Waals surface area contributed by atoms with E-state index in [2.05, 4.69) is 46.5 Å².